The van der Waals surface area contributed by atoms with Gasteiger partial charge in [0.2, 0.25) is 11.8 Å². The van der Waals surface area contributed by atoms with Crippen molar-refractivity contribution in [2.75, 3.05) is 7.11 Å². The van der Waals surface area contributed by atoms with E-state index in [9.17, 15) is 14.4 Å². The molecule has 3 rings (SSSR count). The number of halogens is 1. The Morgan fingerprint density at radius 1 is 1.17 bits per heavy atom. The van der Waals surface area contributed by atoms with Crippen molar-refractivity contribution in [3.8, 4) is 11.5 Å². The van der Waals surface area contributed by atoms with Crippen molar-refractivity contribution in [1.82, 2.24) is 10.3 Å². The molecule has 156 valence electrons. The molecular weight excluding hydrogens is 474 g/mol. The van der Waals surface area contributed by atoms with E-state index in [4.69, 9.17) is 9.47 Å². The van der Waals surface area contributed by atoms with Crippen molar-refractivity contribution in [2.45, 2.75) is 19.2 Å². The second-order valence-corrected chi connectivity index (χ2v) is 8.13. The Morgan fingerprint density at radius 2 is 1.87 bits per heavy atom. The van der Waals surface area contributed by atoms with Gasteiger partial charge in [-0.25, -0.2) is 9.80 Å². The molecule has 30 heavy (non-hydrogen) atoms. The standard InChI is InChI=1S/C20H18BrN3O5S/c1-11(25)22-20-23-24(12(2)26)18(30-20)14-9-15(21)17(16(10-14)28-3)29-19(27)13-7-5-4-6-8-13/h4-10,18H,1-3H3,(H,22,23,25)/t18-/m1/s1. The van der Waals surface area contributed by atoms with Gasteiger partial charge < -0.3 is 14.8 Å². The molecule has 1 atom stereocenters. The minimum absolute atomic E-state index is 0.218. The van der Waals surface area contributed by atoms with Gasteiger partial charge in [-0.15, -0.1) is 5.10 Å². The molecule has 0 bridgehead atoms. The van der Waals surface area contributed by atoms with Crippen LogP contribution in [0.1, 0.15) is 35.1 Å². The van der Waals surface area contributed by atoms with Gasteiger partial charge in [0.05, 0.1) is 17.1 Å². The van der Waals surface area contributed by atoms with Crippen LogP contribution in [0.25, 0.3) is 0 Å². The van der Waals surface area contributed by atoms with Crippen molar-refractivity contribution in [3.63, 3.8) is 0 Å². The van der Waals surface area contributed by atoms with E-state index in [1.54, 1.807) is 42.5 Å². The Morgan fingerprint density at radius 3 is 2.47 bits per heavy atom. The van der Waals surface area contributed by atoms with E-state index in [1.165, 1.54) is 37.7 Å². The van der Waals surface area contributed by atoms with E-state index in [2.05, 4.69) is 26.3 Å². The van der Waals surface area contributed by atoms with Crippen LogP contribution in [0.5, 0.6) is 11.5 Å². The highest BCUT2D eigenvalue weighted by Gasteiger charge is 2.33. The minimum atomic E-state index is -0.528. The predicted octanol–water partition coefficient (Wildman–Crippen LogP) is 3.68. The molecule has 1 N–H and O–H groups in total. The Kier molecular flexibility index (Phi) is 6.78. The third kappa shape index (κ3) is 4.82. The van der Waals surface area contributed by atoms with E-state index >= 15 is 0 Å². The maximum atomic E-state index is 12.4. The number of carbonyl (C=O) groups excluding carboxylic acids is 3. The zero-order chi connectivity index (χ0) is 21.8. The van der Waals surface area contributed by atoms with Crippen molar-refractivity contribution in [1.29, 1.82) is 0 Å². The molecule has 1 aliphatic rings. The fourth-order valence-corrected chi connectivity index (χ4v) is 4.34. The summed E-state index contributed by atoms with van der Waals surface area (Å²) in [5.74, 6) is -0.578. The molecule has 1 heterocycles. The zero-order valence-electron chi connectivity index (χ0n) is 16.3. The second-order valence-electron chi connectivity index (χ2n) is 6.21. The fraction of sp³-hybridized carbons (Fsp3) is 0.200. The van der Waals surface area contributed by atoms with Gasteiger partial charge in [0.1, 0.15) is 5.37 Å². The number of hydrazone groups is 1. The summed E-state index contributed by atoms with van der Waals surface area (Å²) in [4.78, 5) is 35.9. The second kappa shape index (κ2) is 9.31. The molecule has 0 aliphatic carbocycles. The number of amides is 2. The predicted molar refractivity (Wildman–Crippen MR) is 116 cm³/mol. The molecule has 0 fully saturated rings. The average Bonchev–Trinajstić information content (AvgIpc) is 3.13. The molecule has 0 radical (unpaired) electrons. The number of carbonyl (C=O) groups is 3. The lowest BCUT2D eigenvalue weighted by Gasteiger charge is -2.21. The van der Waals surface area contributed by atoms with Gasteiger partial charge in [-0.05, 0) is 45.8 Å². The molecular formula is C20H18BrN3O5S. The SMILES string of the molecule is COc1cc([C@H]2SC(NC(C)=O)=NN2C(C)=O)cc(Br)c1OC(=O)c1ccccc1. The number of amidine groups is 1. The molecule has 2 aromatic rings. The number of hydrogen-bond acceptors (Lipinski definition) is 7. The van der Waals surface area contributed by atoms with Crippen LogP contribution in [0.2, 0.25) is 0 Å². The number of esters is 1. The Bertz CT molecular complexity index is 1030. The third-order valence-corrected chi connectivity index (χ3v) is 5.68. The number of hydrogen-bond donors (Lipinski definition) is 1. The summed E-state index contributed by atoms with van der Waals surface area (Å²) in [6.07, 6.45) is 0. The van der Waals surface area contributed by atoms with Crippen LogP contribution in [-0.4, -0.2) is 35.1 Å². The topological polar surface area (TPSA) is 97.3 Å². The van der Waals surface area contributed by atoms with Crippen LogP contribution in [0.3, 0.4) is 0 Å². The lowest BCUT2D eigenvalue weighted by molar-refractivity contribution is -0.129. The fourth-order valence-electron chi connectivity index (χ4n) is 2.69. The first-order chi connectivity index (χ1) is 14.3. The Balaban J connectivity index is 1.91. The highest BCUT2D eigenvalue weighted by Crippen LogP contribution is 2.44. The number of methoxy groups -OCH3 is 1. The largest absolute Gasteiger partial charge is 0.493 e. The van der Waals surface area contributed by atoms with E-state index in [0.717, 1.165) is 0 Å². The van der Waals surface area contributed by atoms with Crippen LogP contribution >= 0.6 is 27.7 Å². The smallest absolute Gasteiger partial charge is 0.343 e. The first-order valence-electron chi connectivity index (χ1n) is 8.77. The number of nitrogens with zero attached hydrogens (tertiary/aromatic N) is 2. The van der Waals surface area contributed by atoms with Crippen LogP contribution in [0.15, 0.2) is 52.0 Å². The molecule has 1 aliphatic heterocycles. The summed E-state index contributed by atoms with van der Waals surface area (Å²) in [6, 6.07) is 12.0. The van der Waals surface area contributed by atoms with Gasteiger partial charge in [0.15, 0.2) is 16.7 Å². The van der Waals surface area contributed by atoms with Crippen LogP contribution in [0, 0.1) is 0 Å². The Labute approximate surface area is 185 Å². The van der Waals surface area contributed by atoms with Gasteiger partial charge in [0.25, 0.3) is 0 Å². The number of nitrogens with one attached hydrogen (secondary N) is 1. The summed E-state index contributed by atoms with van der Waals surface area (Å²) < 4.78 is 11.4. The number of thioether (sulfide) groups is 1. The van der Waals surface area contributed by atoms with Gasteiger partial charge in [0, 0.05) is 13.8 Å². The molecule has 0 saturated carbocycles. The first kappa shape index (κ1) is 21.8. The van der Waals surface area contributed by atoms with Gasteiger partial charge >= 0.3 is 5.97 Å². The molecule has 2 aromatic carbocycles. The molecule has 2 amide bonds. The molecule has 0 aromatic heterocycles. The summed E-state index contributed by atoms with van der Waals surface area (Å²) in [5.41, 5.74) is 1.07. The minimum Gasteiger partial charge on any atom is -0.493 e. The molecule has 0 spiro atoms. The summed E-state index contributed by atoms with van der Waals surface area (Å²) >= 11 is 4.63. The van der Waals surface area contributed by atoms with Crippen molar-refractivity contribution in [3.05, 3.63) is 58.1 Å². The van der Waals surface area contributed by atoms with Crippen LogP contribution in [-0.2, 0) is 9.59 Å². The summed E-state index contributed by atoms with van der Waals surface area (Å²) in [7, 11) is 1.45. The van der Waals surface area contributed by atoms with Gasteiger partial charge in [-0.3, -0.25) is 9.59 Å². The monoisotopic (exact) mass is 491 g/mol. The summed E-state index contributed by atoms with van der Waals surface area (Å²) in [6.45, 7) is 2.75. The average molecular weight is 492 g/mol. The summed E-state index contributed by atoms with van der Waals surface area (Å²) in [5, 5.41) is 7.83. The maximum absolute atomic E-state index is 12.4. The maximum Gasteiger partial charge on any atom is 0.343 e. The molecule has 10 heteroatoms. The van der Waals surface area contributed by atoms with E-state index in [-0.39, 0.29) is 17.6 Å². The van der Waals surface area contributed by atoms with Gasteiger partial charge in [-0.1, -0.05) is 30.0 Å². The van der Waals surface area contributed by atoms with Gasteiger partial charge in [-0.2, -0.15) is 0 Å². The van der Waals surface area contributed by atoms with E-state index < -0.39 is 11.3 Å². The molecule has 0 saturated heterocycles. The third-order valence-electron chi connectivity index (χ3n) is 3.99. The number of benzene rings is 2. The zero-order valence-corrected chi connectivity index (χ0v) is 18.7. The lowest BCUT2D eigenvalue weighted by atomic mass is 10.2. The number of rotatable bonds is 4. The number of ether oxygens (including phenoxy) is 2. The van der Waals surface area contributed by atoms with Crippen molar-refractivity contribution in [2.24, 2.45) is 5.10 Å². The molecule has 0 unspecified atom stereocenters. The van der Waals surface area contributed by atoms with E-state index in [0.29, 0.717) is 26.5 Å². The van der Waals surface area contributed by atoms with Crippen molar-refractivity contribution >= 4 is 50.6 Å². The first-order valence-corrected chi connectivity index (χ1v) is 10.4. The Hall–Kier alpha value is -2.85. The highest BCUT2D eigenvalue weighted by molar-refractivity contribution is 9.10. The van der Waals surface area contributed by atoms with Crippen LogP contribution in [0.4, 0.5) is 0 Å². The lowest BCUT2D eigenvalue weighted by Crippen LogP contribution is -2.25. The highest BCUT2D eigenvalue weighted by atomic mass is 79.9. The van der Waals surface area contributed by atoms with E-state index in [1.807, 2.05) is 0 Å². The molecule has 8 nitrogen and oxygen atoms in total. The quantitative estimate of drug-likeness (QED) is 0.517. The van der Waals surface area contributed by atoms with Crippen molar-refractivity contribution < 1.29 is 23.9 Å². The normalized spacial score (nSPS) is 15.4. The van der Waals surface area contributed by atoms with Crippen LogP contribution < -0.4 is 14.8 Å².